The lowest BCUT2D eigenvalue weighted by Gasteiger charge is -2.16. The molecule has 48 valence electrons. The van der Waals surface area contributed by atoms with Crippen molar-refractivity contribution in [1.82, 2.24) is 0 Å². The first kappa shape index (κ1) is 6.43. The minimum absolute atomic E-state index is 0.861. The van der Waals surface area contributed by atoms with Crippen LogP contribution in [-0.2, 0) is 0 Å². The van der Waals surface area contributed by atoms with Crippen LogP contribution in [0.4, 0.5) is 0 Å². The first-order valence-electron chi connectivity index (χ1n) is 3.10. The molecule has 0 aliphatic carbocycles. The second kappa shape index (κ2) is 3.36. The monoisotopic (exact) mass is 130 g/mol. The van der Waals surface area contributed by atoms with Crippen LogP contribution in [0.25, 0.3) is 5.32 Å². The van der Waals surface area contributed by atoms with E-state index in [1.165, 1.54) is 18.6 Å². The van der Waals surface area contributed by atoms with Gasteiger partial charge in [-0.2, -0.15) is 18.8 Å². The second-order valence-corrected chi connectivity index (χ2v) is 3.54. The zero-order chi connectivity index (χ0) is 5.82. The molecule has 0 bridgehead atoms. The zero-order valence-corrected chi connectivity index (χ0v) is 6.08. The summed E-state index contributed by atoms with van der Waals surface area (Å²) in [7, 11) is 1.90. The summed E-state index contributed by atoms with van der Waals surface area (Å²) in [5.41, 5.74) is 0. The molecular weight excluding hydrogens is 118 g/mol. The molecule has 0 aromatic rings. The topological polar surface area (TPSA) is 14.1 Å². The SMILES string of the molecule is C[N-]CC1CCCS1. The molecule has 0 aromatic heterocycles. The summed E-state index contributed by atoms with van der Waals surface area (Å²) in [6.45, 7) is 1.07. The van der Waals surface area contributed by atoms with Gasteiger partial charge in [-0.05, 0) is 23.8 Å². The Hall–Kier alpha value is 0.310. The van der Waals surface area contributed by atoms with E-state index in [2.05, 4.69) is 17.1 Å². The Balaban J connectivity index is 2.06. The molecule has 0 amide bonds. The first-order valence-corrected chi connectivity index (χ1v) is 4.15. The Bertz CT molecular complexity index is 59.5. The molecule has 1 rings (SSSR count). The molecule has 1 aliphatic heterocycles. The van der Waals surface area contributed by atoms with Gasteiger partial charge in [0.2, 0.25) is 0 Å². The maximum atomic E-state index is 4.10. The molecule has 1 aliphatic rings. The number of rotatable bonds is 2. The Kier molecular flexibility index (Phi) is 2.70. The van der Waals surface area contributed by atoms with Gasteiger partial charge in [0.25, 0.3) is 0 Å². The van der Waals surface area contributed by atoms with Gasteiger partial charge >= 0.3 is 0 Å². The predicted molar refractivity (Wildman–Crippen MR) is 39.6 cm³/mol. The molecule has 1 unspecified atom stereocenters. The lowest BCUT2D eigenvalue weighted by Crippen LogP contribution is -2.00. The molecule has 0 saturated carbocycles. The van der Waals surface area contributed by atoms with Crippen molar-refractivity contribution in [3.63, 3.8) is 0 Å². The molecule has 2 heteroatoms. The molecule has 1 heterocycles. The van der Waals surface area contributed by atoms with Gasteiger partial charge < -0.3 is 5.32 Å². The lowest BCUT2D eigenvalue weighted by molar-refractivity contribution is 0.813. The number of hydrogen-bond acceptors (Lipinski definition) is 1. The van der Waals surface area contributed by atoms with Crippen molar-refractivity contribution in [2.24, 2.45) is 0 Å². The van der Waals surface area contributed by atoms with E-state index in [0.717, 1.165) is 11.8 Å². The van der Waals surface area contributed by atoms with Crippen molar-refractivity contribution >= 4 is 11.8 Å². The van der Waals surface area contributed by atoms with E-state index in [0.29, 0.717) is 0 Å². The van der Waals surface area contributed by atoms with Crippen LogP contribution in [0.2, 0.25) is 0 Å². The quantitative estimate of drug-likeness (QED) is 0.556. The van der Waals surface area contributed by atoms with Crippen molar-refractivity contribution in [2.75, 3.05) is 19.3 Å². The summed E-state index contributed by atoms with van der Waals surface area (Å²) in [6.07, 6.45) is 2.80. The van der Waals surface area contributed by atoms with Crippen LogP contribution in [0.5, 0.6) is 0 Å². The minimum Gasteiger partial charge on any atom is -0.664 e. The third-order valence-electron chi connectivity index (χ3n) is 1.41. The average Bonchev–Trinajstić information content (AvgIpc) is 2.19. The van der Waals surface area contributed by atoms with Gasteiger partial charge in [0.05, 0.1) is 0 Å². The van der Waals surface area contributed by atoms with Gasteiger partial charge in [0.15, 0.2) is 0 Å². The summed E-state index contributed by atoms with van der Waals surface area (Å²) >= 11 is 2.07. The van der Waals surface area contributed by atoms with Crippen LogP contribution in [0.3, 0.4) is 0 Å². The standard InChI is InChI=1S/C6H12NS/c1-7-5-6-3-2-4-8-6/h6H,2-5H2,1H3/q-1. The maximum absolute atomic E-state index is 4.10. The van der Waals surface area contributed by atoms with E-state index in [-0.39, 0.29) is 0 Å². The van der Waals surface area contributed by atoms with Crippen molar-refractivity contribution in [3.05, 3.63) is 5.32 Å². The molecule has 1 nitrogen and oxygen atoms in total. The Labute approximate surface area is 55.2 Å². The highest BCUT2D eigenvalue weighted by Gasteiger charge is 2.09. The largest absolute Gasteiger partial charge is 0.664 e. The van der Waals surface area contributed by atoms with E-state index in [1.807, 2.05) is 7.05 Å². The third kappa shape index (κ3) is 1.67. The highest BCUT2D eigenvalue weighted by atomic mass is 32.2. The molecule has 8 heavy (non-hydrogen) atoms. The summed E-state index contributed by atoms with van der Waals surface area (Å²) in [6, 6.07) is 0. The van der Waals surface area contributed by atoms with Gasteiger partial charge in [-0.1, -0.05) is 0 Å². The van der Waals surface area contributed by atoms with E-state index < -0.39 is 0 Å². The molecule has 0 N–H and O–H groups in total. The van der Waals surface area contributed by atoms with Crippen LogP contribution in [-0.4, -0.2) is 24.6 Å². The highest BCUT2D eigenvalue weighted by molar-refractivity contribution is 8.00. The highest BCUT2D eigenvalue weighted by Crippen LogP contribution is 2.26. The van der Waals surface area contributed by atoms with Gasteiger partial charge in [0.1, 0.15) is 0 Å². The van der Waals surface area contributed by atoms with E-state index in [1.54, 1.807) is 0 Å². The molecule has 0 radical (unpaired) electrons. The fourth-order valence-electron chi connectivity index (χ4n) is 0.992. The Morgan fingerprint density at radius 3 is 3.12 bits per heavy atom. The van der Waals surface area contributed by atoms with Crippen LogP contribution in [0.1, 0.15) is 12.8 Å². The van der Waals surface area contributed by atoms with Crippen LogP contribution >= 0.6 is 11.8 Å². The molecule has 1 saturated heterocycles. The number of nitrogens with zero attached hydrogens (tertiary/aromatic N) is 1. The minimum atomic E-state index is 0.861. The Morgan fingerprint density at radius 2 is 2.62 bits per heavy atom. The van der Waals surface area contributed by atoms with Crippen molar-refractivity contribution in [2.45, 2.75) is 18.1 Å². The fraction of sp³-hybridized carbons (Fsp3) is 1.00. The van der Waals surface area contributed by atoms with Gasteiger partial charge in [0, 0.05) is 0 Å². The molecule has 0 aromatic carbocycles. The van der Waals surface area contributed by atoms with Gasteiger partial charge in [-0.25, -0.2) is 0 Å². The van der Waals surface area contributed by atoms with Crippen LogP contribution in [0.15, 0.2) is 0 Å². The predicted octanol–water partition coefficient (Wildman–Crippen LogP) is 1.89. The normalized spacial score (nSPS) is 28.9. The Morgan fingerprint density at radius 1 is 1.75 bits per heavy atom. The summed E-state index contributed by atoms with van der Waals surface area (Å²) in [5, 5.41) is 4.96. The van der Waals surface area contributed by atoms with E-state index in [4.69, 9.17) is 0 Å². The fourth-order valence-corrected chi connectivity index (χ4v) is 2.25. The average molecular weight is 130 g/mol. The second-order valence-electron chi connectivity index (χ2n) is 2.13. The summed E-state index contributed by atoms with van der Waals surface area (Å²) in [4.78, 5) is 0. The van der Waals surface area contributed by atoms with Crippen LogP contribution in [0, 0.1) is 0 Å². The van der Waals surface area contributed by atoms with Gasteiger partial charge in [-0.15, -0.1) is 6.54 Å². The first-order chi connectivity index (χ1) is 3.93. The number of hydrogen-bond donors (Lipinski definition) is 0. The van der Waals surface area contributed by atoms with Crippen molar-refractivity contribution < 1.29 is 0 Å². The lowest BCUT2D eigenvalue weighted by atomic mass is 10.2. The van der Waals surface area contributed by atoms with Crippen molar-refractivity contribution in [3.8, 4) is 0 Å². The molecular formula is C6H12NS-. The molecule has 1 atom stereocenters. The zero-order valence-electron chi connectivity index (χ0n) is 5.26. The summed E-state index contributed by atoms with van der Waals surface area (Å²) < 4.78 is 0. The third-order valence-corrected chi connectivity index (χ3v) is 2.79. The number of thioether (sulfide) groups is 1. The summed E-state index contributed by atoms with van der Waals surface area (Å²) in [5.74, 6) is 1.36. The van der Waals surface area contributed by atoms with Gasteiger partial charge in [-0.3, -0.25) is 0 Å². The van der Waals surface area contributed by atoms with Crippen LogP contribution < -0.4 is 0 Å². The van der Waals surface area contributed by atoms with E-state index >= 15 is 0 Å². The molecule has 1 fully saturated rings. The molecule has 0 spiro atoms. The van der Waals surface area contributed by atoms with Crippen molar-refractivity contribution in [1.29, 1.82) is 0 Å². The smallest absolute Gasteiger partial charge is 0.00650 e. The maximum Gasteiger partial charge on any atom is -0.00650 e. The van der Waals surface area contributed by atoms with E-state index in [9.17, 15) is 0 Å².